The molecule has 0 unspecified atom stereocenters. The minimum atomic E-state index is 0.530. The zero-order chi connectivity index (χ0) is 26.5. The van der Waals surface area contributed by atoms with Crippen LogP contribution in [-0.2, 0) is 49.2 Å². The van der Waals surface area contributed by atoms with Crippen molar-refractivity contribution in [2.24, 2.45) is 0 Å². The summed E-state index contributed by atoms with van der Waals surface area (Å²) in [5, 5.41) is 0. The molecule has 0 fully saturated rings. The number of ether oxygens (including phenoxy) is 9. The second-order valence-electron chi connectivity index (χ2n) is 8.24. The molecule has 0 saturated heterocycles. The van der Waals surface area contributed by atoms with Gasteiger partial charge in [-0.2, -0.15) is 0 Å². The Morgan fingerprint density at radius 1 is 0.405 bits per heavy atom. The molecule has 0 atom stereocenters. The average Bonchev–Trinajstić information content (AvgIpc) is 2.90. The van der Waals surface area contributed by atoms with Gasteiger partial charge >= 0.3 is 0 Å². The molecule has 1 aromatic carbocycles. The van der Waals surface area contributed by atoms with E-state index in [1.165, 1.54) is 0 Å². The molecule has 10 heteroatoms. The third kappa shape index (κ3) is 26.2. The molecule has 216 valence electrons. The highest BCUT2D eigenvalue weighted by Gasteiger charge is 1.96. The Balaban J connectivity index is 1.63. The van der Waals surface area contributed by atoms with Crippen LogP contribution in [0.1, 0.15) is 5.56 Å². The number of rotatable bonds is 29. The van der Waals surface area contributed by atoms with Gasteiger partial charge in [-0.05, 0) is 19.7 Å². The summed E-state index contributed by atoms with van der Waals surface area (Å²) in [5.41, 5.74) is 1.16. The summed E-state index contributed by atoms with van der Waals surface area (Å²) in [6.45, 7) is 11.0. The van der Waals surface area contributed by atoms with Gasteiger partial charge in [-0.25, -0.2) is 0 Å². The van der Waals surface area contributed by atoms with Crippen LogP contribution in [0.2, 0.25) is 0 Å². The lowest BCUT2D eigenvalue weighted by atomic mass is 10.2. The third-order valence-electron chi connectivity index (χ3n) is 4.77. The fourth-order valence-electron chi connectivity index (χ4n) is 2.77. The number of nitrogens with zero attached hydrogens (tertiary/aromatic N) is 1. The first-order valence-electron chi connectivity index (χ1n) is 13.2. The first-order valence-corrected chi connectivity index (χ1v) is 13.2. The zero-order valence-corrected chi connectivity index (χ0v) is 22.9. The zero-order valence-electron chi connectivity index (χ0n) is 22.9. The van der Waals surface area contributed by atoms with E-state index < -0.39 is 0 Å². The molecule has 0 bridgehead atoms. The monoisotopic (exact) mass is 531 g/mol. The van der Waals surface area contributed by atoms with Crippen molar-refractivity contribution in [2.45, 2.75) is 6.61 Å². The minimum absolute atomic E-state index is 0.530. The standard InChI is InChI=1S/C27H49NO9/c1-28(2)8-9-29-10-11-30-12-13-31-14-15-32-16-17-33-18-19-34-20-21-35-22-23-36-24-25-37-26-27-6-4-3-5-7-27/h3-7H,8-26H2,1-2H3. The predicted molar refractivity (Wildman–Crippen MR) is 141 cm³/mol. The van der Waals surface area contributed by atoms with E-state index >= 15 is 0 Å². The lowest BCUT2D eigenvalue weighted by Crippen LogP contribution is -2.19. The van der Waals surface area contributed by atoms with Gasteiger partial charge in [0.1, 0.15) is 0 Å². The summed E-state index contributed by atoms with van der Waals surface area (Å²) in [5.74, 6) is 0. The van der Waals surface area contributed by atoms with Crippen LogP contribution in [0.25, 0.3) is 0 Å². The van der Waals surface area contributed by atoms with Gasteiger partial charge in [0.2, 0.25) is 0 Å². The highest BCUT2D eigenvalue weighted by Crippen LogP contribution is 2.00. The Bertz CT molecular complexity index is 566. The highest BCUT2D eigenvalue weighted by atomic mass is 16.6. The van der Waals surface area contributed by atoms with E-state index in [1.807, 2.05) is 44.4 Å². The van der Waals surface area contributed by atoms with Gasteiger partial charge in [-0.1, -0.05) is 30.3 Å². The quantitative estimate of drug-likeness (QED) is 0.143. The Morgan fingerprint density at radius 3 is 1.03 bits per heavy atom. The molecule has 0 spiro atoms. The third-order valence-corrected chi connectivity index (χ3v) is 4.77. The first-order chi connectivity index (χ1) is 18.3. The van der Waals surface area contributed by atoms with E-state index in [0.29, 0.717) is 112 Å². The minimum Gasteiger partial charge on any atom is -0.378 e. The van der Waals surface area contributed by atoms with Crippen LogP contribution < -0.4 is 0 Å². The van der Waals surface area contributed by atoms with Crippen molar-refractivity contribution in [1.29, 1.82) is 0 Å². The van der Waals surface area contributed by atoms with Gasteiger partial charge in [-0.15, -0.1) is 0 Å². The molecule has 0 radical (unpaired) electrons. The van der Waals surface area contributed by atoms with Crippen molar-refractivity contribution < 1.29 is 42.6 Å². The van der Waals surface area contributed by atoms with Gasteiger partial charge in [0.05, 0.1) is 119 Å². The second kappa shape index (κ2) is 27.8. The summed E-state index contributed by atoms with van der Waals surface area (Å²) < 4.78 is 49.2. The molecule has 0 aliphatic rings. The molecule has 10 nitrogen and oxygen atoms in total. The van der Waals surface area contributed by atoms with Crippen molar-refractivity contribution >= 4 is 0 Å². The Hall–Kier alpha value is -1.18. The van der Waals surface area contributed by atoms with Gasteiger partial charge in [0.15, 0.2) is 0 Å². The fourth-order valence-corrected chi connectivity index (χ4v) is 2.77. The van der Waals surface area contributed by atoms with E-state index in [0.717, 1.165) is 18.7 Å². The molecule has 0 N–H and O–H groups in total. The predicted octanol–water partition coefficient (Wildman–Crippen LogP) is 1.90. The Kier molecular flexibility index (Phi) is 25.5. The van der Waals surface area contributed by atoms with Crippen molar-refractivity contribution in [3.05, 3.63) is 35.9 Å². The van der Waals surface area contributed by atoms with Crippen LogP contribution in [0.3, 0.4) is 0 Å². The molecule has 0 heterocycles. The van der Waals surface area contributed by atoms with Crippen LogP contribution in [-0.4, -0.2) is 138 Å². The van der Waals surface area contributed by atoms with Gasteiger partial charge in [0.25, 0.3) is 0 Å². The summed E-state index contributed by atoms with van der Waals surface area (Å²) in [7, 11) is 4.04. The molecular formula is C27H49NO9. The lowest BCUT2D eigenvalue weighted by Gasteiger charge is -2.10. The molecule has 1 rings (SSSR count). The number of hydrogen-bond acceptors (Lipinski definition) is 10. The van der Waals surface area contributed by atoms with E-state index in [9.17, 15) is 0 Å². The maximum absolute atomic E-state index is 5.56. The Labute approximate surface area is 223 Å². The smallest absolute Gasteiger partial charge is 0.0718 e. The molecule has 0 aromatic heterocycles. The van der Waals surface area contributed by atoms with E-state index in [-0.39, 0.29) is 0 Å². The summed E-state index contributed by atoms with van der Waals surface area (Å²) in [6.07, 6.45) is 0. The average molecular weight is 532 g/mol. The van der Waals surface area contributed by atoms with Crippen molar-refractivity contribution in [1.82, 2.24) is 4.90 Å². The number of benzene rings is 1. The lowest BCUT2D eigenvalue weighted by molar-refractivity contribution is -0.0255. The van der Waals surface area contributed by atoms with Gasteiger partial charge in [-0.3, -0.25) is 0 Å². The van der Waals surface area contributed by atoms with E-state index in [4.69, 9.17) is 42.6 Å². The number of hydrogen-bond donors (Lipinski definition) is 0. The SMILES string of the molecule is CN(C)CCOCCOCCOCCOCCOCCOCCOCCOCCOCc1ccccc1. The highest BCUT2D eigenvalue weighted by molar-refractivity contribution is 5.13. The first kappa shape index (κ1) is 33.8. The number of likely N-dealkylation sites (N-methyl/N-ethyl adjacent to an activating group) is 1. The maximum atomic E-state index is 5.56. The molecule has 0 aliphatic carbocycles. The molecule has 0 saturated carbocycles. The van der Waals surface area contributed by atoms with Crippen molar-refractivity contribution in [3.8, 4) is 0 Å². The summed E-state index contributed by atoms with van der Waals surface area (Å²) >= 11 is 0. The normalized spacial score (nSPS) is 11.5. The molecule has 37 heavy (non-hydrogen) atoms. The fraction of sp³-hybridized carbons (Fsp3) is 0.778. The second-order valence-corrected chi connectivity index (χ2v) is 8.24. The maximum Gasteiger partial charge on any atom is 0.0718 e. The van der Waals surface area contributed by atoms with Crippen LogP contribution in [0.5, 0.6) is 0 Å². The van der Waals surface area contributed by atoms with E-state index in [2.05, 4.69) is 4.90 Å². The summed E-state index contributed by atoms with van der Waals surface area (Å²) in [6, 6.07) is 10.1. The molecular weight excluding hydrogens is 482 g/mol. The molecule has 1 aromatic rings. The van der Waals surface area contributed by atoms with Crippen LogP contribution in [0.15, 0.2) is 30.3 Å². The van der Waals surface area contributed by atoms with Gasteiger partial charge < -0.3 is 47.5 Å². The largest absolute Gasteiger partial charge is 0.378 e. The molecule has 0 amide bonds. The van der Waals surface area contributed by atoms with Crippen LogP contribution in [0, 0.1) is 0 Å². The van der Waals surface area contributed by atoms with E-state index in [1.54, 1.807) is 0 Å². The topological polar surface area (TPSA) is 86.3 Å². The van der Waals surface area contributed by atoms with Crippen molar-refractivity contribution in [3.63, 3.8) is 0 Å². The molecule has 0 aliphatic heterocycles. The van der Waals surface area contributed by atoms with Crippen LogP contribution in [0.4, 0.5) is 0 Å². The van der Waals surface area contributed by atoms with Gasteiger partial charge in [0, 0.05) is 6.54 Å². The van der Waals surface area contributed by atoms with Crippen LogP contribution >= 0.6 is 0 Å². The van der Waals surface area contributed by atoms with Crippen molar-refractivity contribution in [2.75, 3.05) is 133 Å². The summed E-state index contributed by atoms with van der Waals surface area (Å²) in [4.78, 5) is 2.09. The Morgan fingerprint density at radius 2 is 0.703 bits per heavy atom.